The van der Waals surface area contributed by atoms with Crippen molar-refractivity contribution < 1.29 is 0 Å². The van der Waals surface area contributed by atoms with E-state index in [0.717, 1.165) is 28.6 Å². The number of aromatic nitrogens is 2. The molecule has 0 spiro atoms. The van der Waals surface area contributed by atoms with Crippen molar-refractivity contribution in [2.24, 2.45) is 0 Å². The van der Waals surface area contributed by atoms with Gasteiger partial charge in [0.2, 0.25) is 0 Å². The molecule has 1 N–H and O–H groups in total. The van der Waals surface area contributed by atoms with Crippen molar-refractivity contribution in [2.45, 2.75) is 18.8 Å². The van der Waals surface area contributed by atoms with E-state index in [1.165, 1.54) is 0 Å². The number of rotatable bonds is 2. The lowest BCUT2D eigenvalue weighted by Gasteiger charge is -2.03. The van der Waals surface area contributed by atoms with Gasteiger partial charge in [0.1, 0.15) is 5.82 Å². The normalized spacial score (nSPS) is 14.9. The molecule has 2 aromatic rings. The number of nitrogens with one attached hydrogen (secondary N) is 1. The Morgan fingerprint density at radius 2 is 2.12 bits per heavy atom. The fourth-order valence-corrected chi connectivity index (χ4v) is 2.24. The average molecular weight is 291 g/mol. The van der Waals surface area contributed by atoms with E-state index in [4.69, 9.17) is 0 Å². The van der Waals surface area contributed by atoms with Crippen LogP contribution in [0.1, 0.15) is 24.5 Å². The van der Waals surface area contributed by atoms with Gasteiger partial charge < -0.3 is 4.98 Å². The van der Waals surface area contributed by atoms with E-state index in [9.17, 15) is 4.79 Å². The van der Waals surface area contributed by atoms with Crippen LogP contribution < -0.4 is 5.56 Å². The Morgan fingerprint density at radius 3 is 2.82 bits per heavy atom. The van der Waals surface area contributed by atoms with Crippen LogP contribution in [0.2, 0.25) is 0 Å². The molecule has 0 saturated heterocycles. The molecule has 1 saturated carbocycles. The number of aromatic amines is 1. The van der Waals surface area contributed by atoms with Crippen molar-refractivity contribution in [3.63, 3.8) is 0 Å². The Kier molecular flexibility index (Phi) is 2.59. The third-order valence-electron chi connectivity index (χ3n) is 2.86. The van der Waals surface area contributed by atoms with Crippen molar-refractivity contribution >= 4 is 15.9 Å². The Hall–Kier alpha value is -1.42. The minimum Gasteiger partial charge on any atom is -0.307 e. The molecule has 1 aromatic heterocycles. The zero-order valence-electron chi connectivity index (χ0n) is 9.11. The highest BCUT2D eigenvalue weighted by Crippen LogP contribution is 2.38. The first-order valence-electron chi connectivity index (χ1n) is 5.59. The van der Waals surface area contributed by atoms with E-state index in [1.54, 1.807) is 6.07 Å². The van der Waals surface area contributed by atoms with Crippen LogP contribution in [0, 0.1) is 0 Å². The zero-order valence-corrected chi connectivity index (χ0v) is 10.7. The lowest BCUT2D eigenvalue weighted by Crippen LogP contribution is -2.09. The van der Waals surface area contributed by atoms with Gasteiger partial charge in [0.05, 0.1) is 5.69 Å². The summed E-state index contributed by atoms with van der Waals surface area (Å²) in [4.78, 5) is 18.9. The first-order chi connectivity index (χ1) is 8.22. The van der Waals surface area contributed by atoms with Crippen LogP contribution in [-0.2, 0) is 0 Å². The molecule has 0 aliphatic heterocycles. The summed E-state index contributed by atoms with van der Waals surface area (Å²) in [5.41, 5.74) is 1.78. The number of nitrogens with zero attached hydrogens (tertiary/aromatic N) is 1. The van der Waals surface area contributed by atoms with Gasteiger partial charge in [-0.2, -0.15) is 0 Å². The summed E-state index contributed by atoms with van der Waals surface area (Å²) >= 11 is 3.42. The van der Waals surface area contributed by atoms with E-state index in [2.05, 4.69) is 25.9 Å². The molecule has 86 valence electrons. The smallest absolute Gasteiger partial charge is 0.251 e. The third kappa shape index (κ3) is 2.31. The highest BCUT2D eigenvalue weighted by atomic mass is 79.9. The highest BCUT2D eigenvalue weighted by Gasteiger charge is 2.25. The molecule has 1 heterocycles. The fourth-order valence-electron chi connectivity index (χ4n) is 1.84. The summed E-state index contributed by atoms with van der Waals surface area (Å²) in [5.74, 6) is 1.14. The lowest BCUT2D eigenvalue weighted by molar-refractivity contribution is 0.977. The van der Waals surface area contributed by atoms with E-state index in [1.807, 2.05) is 24.3 Å². The largest absolute Gasteiger partial charge is 0.307 e. The van der Waals surface area contributed by atoms with Gasteiger partial charge in [-0.3, -0.25) is 4.79 Å². The van der Waals surface area contributed by atoms with Crippen LogP contribution in [0.5, 0.6) is 0 Å². The molecule has 0 amide bonds. The highest BCUT2D eigenvalue weighted by molar-refractivity contribution is 9.10. The summed E-state index contributed by atoms with van der Waals surface area (Å²) in [6.45, 7) is 0. The van der Waals surface area contributed by atoms with E-state index >= 15 is 0 Å². The Balaban J connectivity index is 2.10. The molecule has 3 nitrogen and oxygen atoms in total. The second-order valence-corrected chi connectivity index (χ2v) is 5.22. The minimum atomic E-state index is -0.0723. The van der Waals surface area contributed by atoms with Gasteiger partial charge in [-0.1, -0.05) is 28.1 Å². The maximum atomic E-state index is 11.6. The molecule has 1 aliphatic rings. The number of hydrogen-bond acceptors (Lipinski definition) is 2. The van der Waals surface area contributed by atoms with Crippen LogP contribution in [0.3, 0.4) is 0 Å². The van der Waals surface area contributed by atoms with Gasteiger partial charge in [-0.15, -0.1) is 0 Å². The number of H-pyrrole nitrogens is 1. The van der Waals surface area contributed by atoms with Crippen LogP contribution in [0.15, 0.2) is 39.6 Å². The van der Waals surface area contributed by atoms with Gasteiger partial charge in [-0.25, -0.2) is 4.98 Å². The standard InChI is InChI=1S/C13H11BrN2O/c14-10-3-1-2-9(6-10)13-15-11(8-4-5-8)7-12(17)16-13/h1-3,6-8H,4-5H2,(H,15,16,17). The van der Waals surface area contributed by atoms with E-state index < -0.39 is 0 Å². The summed E-state index contributed by atoms with van der Waals surface area (Å²) in [6.07, 6.45) is 2.29. The SMILES string of the molecule is O=c1cc(C2CC2)nc(-c2cccc(Br)c2)[nH]1. The topological polar surface area (TPSA) is 45.8 Å². The van der Waals surface area contributed by atoms with Crippen LogP contribution in [-0.4, -0.2) is 9.97 Å². The molecule has 1 aliphatic carbocycles. The van der Waals surface area contributed by atoms with Crippen LogP contribution in [0.4, 0.5) is 0 Å². The van der Waals surface area contributed by atoms with Crippen LogP contribution in [0.25, 0.3) is 11.4 Å². The van der Waals surface area contributed by atoms with Crippen molar-refractivity contribution in [1.29, 1.82) is 0 Å². The molecular weight excluding hydrogens is 280 g/mol. The predicted molar refractivity (Wildman–Crippen MR) is 70.0 cm³/mol. The second kappa shape index (κ2) is 4.11. The number of benzene rings is 1. The maximum absolute atomic E-state index is 11.6. The quantitative estimate of drug-likeness (QED) is 0.924. The summed E-state index contributed by atoms with van der Waals surface area (Å²) in [6, 6.07) is 9.39. The second-order valence-electron chi connectivity index (χ2n) is 4.30. The molecule has 0 radical (unpaired) electrons. The molecular formula is C13H11BrN2O. The van der Waals surface area contributed by atoms with Crippen molar-refractivity contribution in [3.05, 3.63) is 50.9 Å². The van der Waals surface area contributed by atoms with Crippen molar-refractivity contribution in [2.75, 3.05) is 0 Å². The third-order valence-corrected chi connectivity index (χ3v) is 3.35. The zero-order chi connectivity index (χ0) is 11.8. The Bertz CT molecular complexity index is 617. The molecule has 1 aromatic carbocycles. The van der Waals surface area contributed by atoms with Gasteiger partial charge >= 0.3 is 0 Å². The predicted octanol–water partition coefficient (Wildman–Crippen LogP) is 3.08. The monoisotopic (exact) mass is 290 g/mol. The Labute approximate surface area is 107 Å². The number of hydrogen-bond donors (Lipinski definition) is 1. The van der Waals surface area contributed by atoms with Gasteiger partial charge in [-0.05, 0) is 25.0 Å². The van der Waals surface area contributed by atoms with Crippen LogP contribution >= 0.6 is 15.9 Å². The summed E-state index contributed by atoms with van der Waals surface area (Å²) < 4.78 is 0.981. The van der Waals surface area contributed by atoms with Crippen molar-refractivity contribution in [3.8, 4) is 11.4 Å². The van der Waals surface area contributed by atoms with Crippen molar-refractivity contribution in [1.82, 2.24) is 9.97 Å². The molecule has 0 bridgehead atoms. The summed E-state index contributed by atoms with van der Waals surface area (Å²) in [5, 5.41) is 0. The lowest BCUT2D eigenvalue weighted by atomic mass is 10.2. The van der Waals surface area contributed by atoms with Gasteiger partial charge in [0, 0.05) is 22.0 Å². The maximum Gasteiger partial charge on any atom is 0.251 e. The van der Waals surface area contributed by atoms with Gasteiger partial charge in [0.25, 0.3) is 5.56 Å². The molecule has 1 fully saturated rings. The first-order valence-corrected chi connectivity index (χ1v) is 6.39. The molecule has 4 heteroatoms. The molecule has 17 heavy (non-hydrogen) atoms. The Morgan fingerprint density at radius 1 is 1.29 bits per heavy atom. The molecule has 0 unspecified atom stereocenters. The fraction of sp³-hybridized carbons (Fsp3) is 0.231. The molecule has 3 rings (SSSR count). The van der Waals surface area contributed by atoms with E-state index in [0.29, 0.717) is 11.7 Å². The van der Waals surface area contributed by atoms with Gasteiger partial charge in [0.15, 0.2) is 0 Å². The number of halogens is 1. The van der Waals surface area contributed by atoms with E-state index in [-0.39, 0.29) is 5.56 Å². The molecule has 0 atom stereocenters. The minimum absolute atomic E-state index is 0.0723. The average Bonchev–Trinajstić information content (AvgIpc) is 3.12. The summed E-state index contributed by atoms with van der Waals surface area (Å²) in [7, 11) is 0. The first kappa shape index (κ1) is 10.7.